The molecule has 0 radical (unpaired) electrons. The Balaban J connectivity index is 1.54. The lowest BCUT2D eigenvalue weighted by Crippen LogP contribution is -2.14. The van der Waals surface area contributed by atoms with Gasteiger partial charge in [-0.3, -0.25) is 9.78 Å². The highest BCUT2D eigenvalue weighted by atomic mass is 32.1. The minimum absolute atomic E-state index is 0.167. The summed E-state index contributed by atoms with van der Waals surface area (Å²) in [5.74, 6) is 0.495. The first-order chi connectivity index (χ1) is 12.2. The number of carbonyl (C=O) groups is 1. The SMILES string of the molecule is N#Cc1cccc(NC(=O)Cc2csc(COc3cccnc3)n2)c1. The average molecular weight is 350 g/mol. The molecule has 124 valence electrons. The summed E-state index contributed by atoms with van der Waals surface area (Å²) < 4.78 is 5.59. The minimum Gasteiger partial charge on any atom is -0.485 e. The van der Waals surface area contributed by atoms with Gasteiger partial charge in [-0.1, -0.05) is 6.07 Å². The van der Waals surface area contributed by atoms with Crippen molar-refractivity contribution in [3.8, 4) is 11.8 Å². The van der Waals surface area contributed by atoms with Gasteiger partial charge in [0.25, 0.3) is 0 Å². The molecule has 0 unspecified atom stereocenters. The van der Waals surface area contributed by atoms with E-state index in [1.165, 1.54) is 11.3 Å². The largest absolute Gasteiger partial charge is 0.485 e. The molecule has 1 aromatic carbocycles. The quantitative estimate of drug-likeness (QED) is 0.738. The fourth-order valence-electron chi connectivity index (χ4n) is 2.11. The molecule has 0 saturated carbocycles. The Labute approximate surface area is 148 Å². The Hall–Kier alpha value is -3.24. The Kier molecular flexibility index (Phi) is 5.34. The second-order valence-corrected chi connectivity index (χ2v) is 6.07. The summed E-state index contributed by atoms with van der Waals surface area (Å²) in [7, 11) is 0. The van der Waals surface area contributed by atoms with Crippen LogP contribution in [0.3, 0.4) is 0 Å². The number of benzene rings is 1. The van der Waals surface area contributed by atoms with Crippen LogP contribution in [0.15, 0.2) is 54.2 Å². The molecule has 0 spiro atoms. The zero-order chi connectivity index (χ0) is 17.5. The summed E-state index contributed by atoms with van der Waals surface area (Å²) in [6.07, 6.45) is 3.48. The molecule has 0 aliphatic rings. The molecule has 0 atom stereocenters. The molecule has 6 nitrogen and oxygen atoms in total. The van der Waals surface area contributed by atoms with E-state index >= 15 is 0 Å². The van der Waals surface area contributed by atoms with Crippen LogP contribution in [0.25, 0.3) is 0 Å². The van der Waals surface area contributed by atoms with E-state index < -0.39 is 0 Å². The second-order valence-electron chi connectivity index (χ2n) is 5.13. The number of hydrogen-bond acceptors (Lipinski definition) is 6. The van der Waals surface area contributed by atoms with Gasteiger partial charge in [-0.05, 0) is 30.3 Å². The van der Waals surface area contributed by atoms with E-state index in [0.29, 0.717) is 29.3 Å². The van der Waals surface area contributed by atoms with Gasteiger partial charge in [0.2, 0.25) is 5.91 Å². The normalized spacial score (nSPS) is 10.0. The maximum absolute atomic E-state index is 12.1. The summed E-state index contributed by atoms with van der Waals surface area (Å²) in [5, 5.41) is 14.3. The van der Waals surface area contributed by atoms with Crippen molar-refractivity contribution in [1.29, 1.82) is 5.26 Å². The number of anilines is 1. The monoisotopic (exact) mass is 350 g/mol. The minimum atomic E-state index is -0.180. The highest BCUT2D eigenvalue weighted by Crippen LogP contribution is 2.15. The van der Waals surface area contributed by atoms with Gasteiger partial charge >= 0.3 is 0 Å². The van der Waals surface area contributed by atoms with Crippen LogP contribution in [0.1, 0.15) is 16.3 Å². The Morgan fingerprint density at radius 2 is 2.24 bits per heavy atom. The molecular weight excluding hydrogens is 336 g/mol. The summed E-state index contributed by atoms with van der Waals surface area (Å²) in [6, 6.07) is 12.5. The van der Waals surface area contributed by atoms with E-state index in [1.807, 2.05) is 17.5 Å². The van der Waals surface area contributed by atoms with Gasteiger partial charge in [0, 0.05) is 17.3 Å². The van der Waals surface area contributed by atoms with Crippen LogP contribution < -0.4 is 10.1 Å². The lowest BCUT2D eigenvalue weighted by molar-refractivity contribution is -0.115. The molecular formula is C18H14N4O2S. The van der Waals surface area contributed by atoms with Crippen molar-refractivity contribution < 1.29 is 9.53 Å². The number of ether oxygens (including phenoxy) is 1. The third-order valence-electron chi connectivity index (χ3n) is 3.21. The van der Waals surface area contributed by atoms with E-state index in [9.17, 15) is 4.79 Å². The van der Waals surface area contributed by atoms with Crippen molar-refractivity contribution in [2.75, 3.05) is 5.32 Å². The highest BCUT2D eigenvalue weighted by Gasteiger charge is 2.09. The number of pyridine rings is 1. The number of aromatic nitrogens is 2. The molecule has 2 heterocycles. The number of amides is 1. The fourth-order valence-corrected chi connectivity index (χ4v) is 2.82. The molecule has 0 bridgehead atoms. The number of thiazole rings is 1. The van der Waals surface area contributed by atoms with Gasteiger partial charge in [-0.25, -0.2) is 4.98 Å². The number of hydrogen-bond donors (Lipinski definition) is 1. The summed E-state index contributed by atoms with van der Waals surface area (Å²) in [5.41, 5.74) is 1.78. The van der Waals surface area contributed by atoms with Crippen molar-refractivity contribution in [3.63, 3.8) is 0 Å². The van der Waals surface area contributed by atoms with Crippen LogP contribution in [0.4, 0.5) is 5.69 Å². The molecule has 3 rings (SSSR count). The van der Waals surface area contributed by atoms with Crippen LogP contribution in [0.2, 0.25) is 0 Å². The lowest BCUT2D eigenvalue weighted by atomic mass is 10.2. The molecule has 1 N–H and O–H groups in total. The van der Waals surface area contributed by atoms with Crippen molar-refractivity contribution in [2.24, 2.45) is 0 Å². The number of nitrogens with zero attached hydrogens (tertiary/aromatic N) is 3. The predicted octanol–water partition coefficient (Wildman–Crippen LogP) is 3.17. The lowest BCUT2D eigenvalue weighted by Gasteiger charge is -2.04. The van der Waals surface area contributed by atoms with E-state index in [2.05, 4.69) is 15.3 Å². The summed E-state index contributed by atoms with van der Waals surface area (Å²) in [4.78, 5) is 20.5. The first-order valence-electron chi connectivity index (χ1n) is 7.49. The van der Waals surface area contributed by atoms with Crippen LogP contribution in [0.5, 0.6) is 5.75 Å². The van der Waals surface area contributed by atoms with E-state index in [-0.39, 0.29) is 12.3 Å². The molecule has 25 heavy (non-hydrogen) atoms. The molecule has 0 saturated heterocycles. The van der Waals surface area contributed by atoms with E-state index in [0.717, 1.165) is 5.01 Å². The first-order valence-corrected chi connectivity index (χ1v) is 8.37. The number of nitrogens with one attached hydrogen (secondary N) is 1. The zero-order valence-corrected chi connectivity index (χ0v) is 14.0. The standard InChI is InChI=1S/C18H14N4O2S/c19-9-13-3-1-4-14(7-13)21-17(23)8-15-12-25-18(22-15)11-24-16-5-2-6-20-10-16/h1-7,10,12H,8,11H2,(H,21,23). The van der Waals surface area contributed by atoms with Crippen molar-refractivity contribution in [1.82, 2.24) is 9.97 Å². The Bertz CT molecular complexity index is 903. The van der Waals surface area contributed by atoms with Crippen LogP contribution in [-0.2, 0) is 17.8 Å². The Morgan fingerprint density at radius 3 is 3.04 bits per heavy atom. The molecule has 3 aromatic rings. The average Bonchev–Trinajstić information content (AvgIpc) is 3.08. The van der Waals surface area contributed by atoms with Crippen LogP contribution in [-0.4, -0.2) is 15.9 Å². The number of carbonyl (C=O) groups excluding carboxylic acids is 1. The van der Waals surface area contributed by atoms with Crippen molar-refractivity contribution >= 4 is 22.9 Å². The molecule has 2 aromatic heterocycles. The van der Waals surface area contributed by atoms with Gasteiger partial charge in [-0.15, -0.1) is 11.3 Å². The maximum Gasteiger partial charge on any atom is 0.230 e. The molecule has 0 fully saturated rings. The smallest absolute Gasteiger partial charge is 0.230 e. The van der Waals surface area contributed by atoms with Crippen molar-refractivity contribution in [2.45, 2.75) is 13.0 Å². The van der Waals surface area contributed by atoms with Crippen LogP contribution >= 0.6 is 11.3 Å². The fraction of sp³-hybridized carbons (Fsp3) is 0.111. The van der Waals surface area contributed by atoms with Gasteiger partial charge in [0.05, 0.1) is 29.9 Å². The molecule has 7 heteroatoms. The predicted molar refractivity (Wildman–Crippen MR) is 94.2 cm³/mol. The van der Waals surface area contributed by atoms with Gasteiger partial charge in [0.15, 0.2) is 0 Å². The van der Waals surface area contributed by atoms with Crippen molar-refractivity contribution in [3.05, 3.63) is 70.4 Å². The topological polar surface area (TPSA) is 87.9 Å². The van der Waals surface area contributed by atoms with Gasteiger partial charge < -0.3 is 10.1 Å². The highest BCUT2D eigenvalue weighted by molar-refractivity contribution is 7.09. The molecule has 0 aliphatic heterocycles. The molecule has 0 aliphatic carbocycles. The van der Waals surface area contributed by atoms with Crippen LogP contribution in [0, 0.1) is 11.3 Å². The maximum atomic E-state index is 12.1. The van der Waals surface area contributed by atoms with Gasteiger partial charge in [0.1, 0.15) is 17.4 Å². The number of rotatable bonds is 6. The second kappa shape index (κ2) is 8.04. The molecule has 1 amide bonds. The third-order valence-corrected chi connectivity index (χ3v) is 4.08. The summed E-state index contributed by atoms with van der Waals surface area (Å²) >= 11 is 1.44. The third kappa shape index (κ3) is 4.86. The van der Waals surface area contributed by atoms with E-state index in [4.69, 9.17) is 10.00 Å². The zero-order valence-electron chi connectivity index (χ0n) is 13.2. The number of nitriles is 1. The first kappa shape index (κ1) is 16.6. The Morgan fingerprint density at radius 1 is 1.32 bits per heavy atom. The summed E-state index contributed by atoms with van der Waals surface area (Å²) in [6.45, 7) is 0.336. The van der Waals surface area contributed by atoms with E-state index in [1.54, 1.807) is 42.7 Å². The van der Waals surface area contributed by atoms with Gasteiger partial charge in [-0.2, -0.15) is 5.26 Å².